The average molecular weight is 316 g/mol. The van der Waals surface area contributed by atoms with Gasteiger partial charge in [-0.2, -0.15) is 0 Å². The van der Waals surface area contributed by atoms with Gasteiger partial charge in [0.05, 0.1) is 5.02 Å². The molecule has 0 bridgehead atoms. The Labute approximate surface area is 131 Å². The summed E-state index contributed by atoms with van der Waals surface area (Å²) in [7, 11) is 0. The Balaban J connectivity index is 1.97. The summed E-state index contributed by atoms with van der Waals surface area (Å²) in [5.41, 5.74) is 0.0819. The summed E-state index contributed by atoms with van der Waals surface area (Å²) >= 11 is 12.1. The molecular weight excluding hydrogens is 293 g/mol. The van der Waals surface area contributed by atoms with Crippen molar-refractivity contribution < 1.29 is 4.74 Å². The third-order valence-electron chi connectivity index (χ3n) is 3.72. The summed E-state index contributed by atoms with van der Waals surface area (Å²) in [6.45, 7) is 7.49. The molecule has 1 N–H and O–H groups in total. The van der Waals surface area contributed by atoms with Crippen molar-refractivity contribution in [1.29, 1.82) is 0 Å². The molecule has 0 heterocycles. The van der Waals surface area contributed by atoms with E-state index in [1.165, 1.54) is 6.42 Å². The van der Waals surface area contributed by atoms with Crippen LogP contribution >= 0.6 is 23.2 Å². The molecular formula is C16H23Cl2NO. The van der Waals surface area contributed by atoms with Gasteiger partial charge in [-0.1, -0.05) is 23.2 Å². The SMILES string of the molecule is CC(C)(C)NCCC1(Oc2ccc(Cl)cc2Cl)CCC1. The summed E-state index contributed by atoms with van der Waals surface area (Å²) in [5.74, 6) is 0.742. The fourth-order valence-corrected chi connectivity index (χ4v) is 2.88. The van der Waals surface area contributed by atoms with Gasteiger partial charge in [-0.05, 0) is 71.2 Å². The molecule has 1 aliphatic rings. The van der Waals surface area contributed by atoms with Crippen molar-refractivity contribution in [2.75, 3.05) is 6.54 Å². The van der Waals surface area contributed by atoms with Crippen LogP contribution in [0.1, 0.15) is 46.5 Å². The zero-order chi connectivity index (χ0) is 14.8. The molecule has 0 radical (unpaired) electrons. The Hall–Kier alpha value is -0.440. The van der Waals surface area contributed by atoms with E-state index < -0.39 is 0 Å². The molecule has 2 rings (SSSR count). The minimum atomic E-state index is -0.0598. The maximum absolute atomic E-state index is 6.21. The lowest BCUT2D eigenvalue weighted by Gasteiger charge is -2.43. The van der Waals surface area contributed by atoms with Crippen LogP contribution in [0.2, 0.25) is 10.0 Å². The number of hydrogen-bond acceptors (Lipinski definition) is 2. The molecule has 1 aromatic rings. The van der Waals surface area contributed by atoms with Gasteiger partial charge in [0.1, 0.15) is 11.4 Å². The Morgan fingerprint density at radius 1 is 1.25 bits per heavy atom. The monoisotopic (exact) mass is 315 g/mol. The van der Waals surface area contributed by atoms with E-state index in [4.69, 9.17) is 27.9 Å². The van der Waals surface area contributed by atoms with Gasteiger partial charge in [0.2, 0.25) is 0 Å². The molecule has 0 atom stereocenters. The van der Waals surface area contributed by atoms with Crippen LogP contribution in [0.5, 0.6) is 5.75 Å². The molecule has 1 aromatic carbocycles. The van der Waals surface area contributed by atoms with Crippen molar-refractivity contribution in [1.82, 2.24) is 5.32 Å². The summed E-state index contributed by atoms with van der Waals surface area (Å²) in [6, 6.07) is 5.42. The normalized spacial score (nSPS) is 17.6. The van der Waals surface area contributed by atoms with Gasteiger partial charge in [-0.3, -0.25) is 0 Å². The predicted octanol–water partition coefficient (Wildman–Crippen LogP) is 5.07. The van der Waals surface area contributed by atoms with Crippen molar-refractivity contribution in [3.63, 3.8) is 0 Å². The van der Waals surface area contributed by atoms with E-state index in [1.54, 1.807) is 6.07 Å². The number of benzene rings is 1. The van der Waals surface area contributed by atoms with E-state index in [1.807, 2.05) is 12.1 Å². The standard InChI is InChI=1S/C16H23Cl2NO/c1-15(2,3)19-10-9-16(7-4-8-16)20-14-6-5-12(17)11-13(14)18/h5-6,11,19H,4,7-10H2,1-3H3. The lowest BCUT2D eigenvalue weighted by molar-refractivity contribution is -0.0151. The highest BCUT2D eigenvalue weighted by molar-refractivity contribution is 6.35. The first-order valence-electron chi connectivity index (χ1n) is 7.19. The molecule has 0 aromatic heterocycles. The van der Waals surface area contributed by atoms with E-state index in [0.717, 1.165) is 31.6 Å². The first kappa shape index (κ1) is 15.9. The third kappa shape index (κ3) is 4.28. The van der Waals surface area contributed by atoms with Gasteiger partial charge in [-0.25, -0.2) is 0 Å². The maximum atomic E-state index is 6.21. The van der Waals surface area contributed by atoms with Crippen LogP contribution in [-0.2, 0) is 0 Å². The van der Waals surface area contributed by atoms with E-state index in [-0.39, 0.29) is 11.1 Å². The average Bonchev–Trinajstić information content (AvgIpc) is 2.27. The van der Waals surface area contributed by atoms with Gasteiger partial charge >= 0.3 is 0 Å². The van der Waals surface area contributed by atoms with Crippen molar-refractivity contribution in [3.8, 4) is 5.75 Å². The fourth-order valence-electron chi connectivity index (χ4n) is 2.43. The van der Waals surface area contributed by atoms with Crippen LogP contribution in [-0.4, -0.2) is 17.7 Å². The lowest BCUT2D eigenvalue weighted by atomic mass is 9.77. The highest BCUT2D eigenvalue weighted by Gasteiger charge is 2.39. The van der Waals surface area contributed by atoms with Crippen molar-refractivity contribution in [2.45, 2.75) is 57.6 Å². The minimum absolute atomic E-state index is 0.0598. The quantitative estimate of drug-likeness (QED) is 0.818. The van der Waals surface area contributed by atoms with Crippen LogP contribution in [0, 0.1) is 0 Å². The Bertz CT molecular complexity index is 464. The molecule has 1 saturated carbocycles. The molecule has 20 heavy (non-hydrogen) atoms. The summed E-state index contributed by atoms with van der Waals surface area (Å²) in [5, 5.41) is 4.75. The number of ether oxygens (including phenoxy) is 1. The molecule has 0 amide bonds. The summed E-state index contributed by atoms with van der Waals surface area (Å²) < 4.78 is 6.21. The van der Waals surface area contributed by atoms with Crippen LogP contribution in [0.25, 0.3) is 0 Å². The lowest BCUT2D eigenvalue weighted by Crippen LogP contribution is -2.47. The van der Waals surface area contributed by atoms with E-state index in [0.29, 0.717) is 10.0 Å². The number of nitrogens with one attached hydrogen (secondary N) is 1. The van der Waals surface area contributed by atoms with Gasteiger partial charge in [0.15, 0.2) is 0 Å². The van der Waals surface area contributed by atoms with Gasteiger partial charge < -0.3 is 10.1 Å². The maximum Gasteiger partial charge on any atom is 0.138 e. The predicted molar refractivity (Wildman–Crippen MR) is 86.0 cm³/mol. The van der Waals surface area contributed by atoms with E-state index in [9.17, 15) is 0 Å². The largest absolute Gasteiger partial charge is 0.486 e. The first-order valence-corrected chi connectivity index (χ1v) is 7.94. The number of halogens is 2. The highest BCUT2D eigenvalue weighted by Crippen LogP contribution is 2.41. The van der Waals surface area contributed by atoms with Crippen LogP contribution in [0.15, 0.2) is 18.2 Å². The number of hydrogen-bond donors (Lipinski definition) is 1. The van der Waals surface area contributed by atoms with Crippen molar-refractivity contribution >= 4 is 23.2 Å². The summed E-state index contributed by atoms with van der Waals surface area (Å²) in [4.78, 5) is 0. The molecule has 0 unspecified atom stereocenters. The zero-order valence-corrected chi connectivity index (χ0v) is 13.9. The fraction of sp³-hybridized carbons (Fsp3) is 0.625. The molecule has 0 spiro atoms. The second-order valence-corrected chi connectivity index (χ2v) is 7.48. The molecule has 2 nitrogen and oxygen atoms in total. The minimum Gasteiger partial charge on any atom is -0.486 e. The Kier molecular flexibility index (Phi) is 4.88. The second kappa shape index (κ2) is 6.13. The number of rotatable bonds is 5. The summed E-state index contributed by atoms with van der Waals surface area (Å²) in [6.07, 6.45) is 4.42. The topological polar surface area (TPSA) is 21.3 Å². The molecule has 1 aliphatic carbocycles. The molecule has 0 saturated heterocycles. The third-order valence-corrected chi connectivity index (χ3v) is 4.25. The van der Waals surface area contributed by atoms with Gasteiger partial charge in [0, 0.05) is 10.6 Å². The Morgan fingerprint density at radius 2 is 1.95 bits per heavy atom. The van der Waals surface area contributed by atoms with Crippen LogP contribution in [0.4, 0.5) is 0 Å². The van der Waals surface area contributed by atoms with E-state index >= 15 is 0 Å². The van der Waals surface area contributed by atoms with Crippen molar-refractivity contribution in [3.05, 3.63) is 28.2 Å². The first-order chi connectivity index (χ1) is 9.30. The second-order valence-electron chi connectivity index (χ2n) is 6.64. The smallest absolute Gasteiger partial charge is 0.138 e. The van der Waals surface area contributed by atoms with Crippen LogP contribution in [0.3, 0.4) is 0 Å². The zero-order valence-electron chi connectivity index (χ0n) is 12.4. The van der Waals surface area contributed by atoms with Crippen molar-refractivity contribution in [2.24, 2.45) is 0 Å². The Morgan fingerprint density at radius 3 is 2.45 bits per heavy atom. The molecule has 4 heteroatoms. The van der Waals surface area contributed by atoms with Crippen LogP contribution < -0.4 is 10.1 Å². The molecule has 0 aliphatic heterocycles. The highest BCUT2D eigenvalue weighted by atomic mass is 35.5. The van der Waals surface area contributed by atoms with Gasteiger partial charge in [-0.15, -0.1) is 0 Å². The van der Waals surface area contributed by atoms with E-state index in [2.05, 4.69) is 26.1 Å². The molecule has 112 valence electrons. The molecule has 1 fully saturated rings. The van der Waals surface area contributed by atoms with Gasteiger partial charge in [0.25, 0.3) is 0 Å².